The van der Waals surface area contributed by atoms with Crippen LogP contribution in [-0.2, 0) is 5.41 Å². The van der Waals surface area contributed by atoms with E-state index in [4.69, 9.17) is 0 Å². The van der Waals surface area contributed by atoms with Crippen LogP contribution in [0.3, 0.4) is 0 Å². The minimum Gasteiger partial charge on any atom is -0.261 e. The first-order chi connectivity index (χ1) is 9.04. The predicted octanol–water partition coefficient (Wildman–Crippen LogP) is 4.32. The van der Waals surface area contributed by atoms with E-state index in [-0.39, 0.29) is 5.41 Å². The van der Waals surface area contributed by atoms with Crippen molar-refractivity contribution in [2.45, 2.75) is 44.9 Å². The summed E-state index contributed by atoms with van der Waals surface area (Å²) in [5.74, 6) is 0.719. The van der Waals surface area contributed by atoms with E-state index in [0.29, 0.717) is 0 Å². The summed E-state index contributed by atoms with van der Waals surface area (Å²) in [5.41, 5.74) is 4.83. The molecule has 2 nitrogen and oxygen atoms in total. The van der Waals surface area contributed by atoms with Gasteiger partial charge in [-0.2, -0.15) is 0 Å². The summed E-state index contributed by atoms with van der Waals surface area (Å²) in [7, 11) is 0. The fourth-order valence-corrected chi connectivity index (χ4v) is 2.22. The van der Waals surface area contributed by atoms with Crippen LogP contribution in [0.15, 0.2) is 36.7 Å². The molecule has 1 aliphatic carbocycles. The second-order valence-electron chi connectivity index (χ2n) is 6.43. The van der Waals surface area contributed by atoms with Gasteiger partial charge in [-0.05, 0) is 36.6 Å². The van der Waals surface area contributed by atoms with Gasteiger partial charge in [0.1, 0.15) is 0 Å². The Morgan fingerprint density at radius 1 is 1.00 bits per heavy atom. The molecule has 1 saturated carbocycles. The molecule has 0 N–H and O–H groups in total. The fraction of sp³-hybridized carbons (Fsp3) is 0.412. The Bertz CT molecular complexity index is 575. The summed E-state index contributed by atoms with van der Waals surface area (Å²) >= 11 is 0. The molecule has 19 heavy (non-hydrogen) atoms. The maximum atomic E-state index is 4.59. The van der Waals surface area contributed by atoms with E-state index in [1.54, 1.807) is 0 Å². The van der Waals surface area contributed by atoms with Crippen LogP contribution in [-0.4, -0.2) is 9.97 Å². The van der Waals surface area contributed by atoms with Crippen molar-refractivity contribution in [2.24, 2.45) is 0 Å². The monoisotopic (exact) mass is 252 g/mol. The number of nitrogens with zero attached hydrogens (tertiary/aromatic N) is 2. The molecule has 0 unspecified atom stereocenters. The Hall–Kier alpha value is -1.70. The SMILES string of the molecule is CC(C)(C)c1cc(-c2ccc(C3CC3)nc2)ccn1. The van der Waals surface area contributed by atoms with E-state index < -0.39 is 0 Å². The van der Waals surface area contributed by atoms with Crippen molar-refractivity contribution in [3.05, 3.63) is 48.0 Å². The van der Waals surface area contributed by atoms with Crippen molar-refractivity contribution in [1.29, 1.82) is 0 Å². The van der Waals surface area contributed by atoms with Gasteiger partial charge in [0, 0.05) is 40.7 Å². The molecule has 0 bridgehead atoms. The lowest BCUT2D eigenvalue weighted by molar-refractivity contribution is 0.569. The lowest BCUT2D eigenvalue weighted by Crippen LogP contribution is -2.13. The van der Waals surface area contributed by atoms with Crippen LogP contribution in [0, 0.1) is 0 Å². The summed E-state index contributed by atoms with van der Waals surface area (Å²) in [6.45, 7) is 6.56. The molecule has 0 spiro atoms. The lowest BCUT2D eigenvalue weighted by Gasteiger charge is -2.18. The van der Waals surface area contributed by atoms with E-state index >= 15 is 0 Å². The fourth-order valence-electron chi connectivity index (χ4n) is 2.22. The zero-order valence-electron chi connectivity index (χ0n) is 11.9. The van der Waals surface area contributed by atoms with Crippen LogP contribution >= 0.6 is 0 Å². The Labute approximate surface area is 114 Å². The van der Waals surface area contributed by atoms with E-state index in [9.17, 15) is 0 Å². The molecule has 2 aromatic heterocycles. The highest BCUT2D eigenvalue weighted by atomic mass is 14.7. The molecule has 0 amide bonds. The molecule has 0 atom stereocenters. The average molecular weight is 252 g/mol. The van der Waals surface area contributed by atoms with E-state index in [0.717, 1.165) is 11.6 Å². The van der Waals surface area contributed by atoms with Crippen molar-refractivity contribution in [2.75, 3.05) is 0 Å². The topological polar surface area (TPSA) is 25.8 Å². The Balaban J connectivity index is 1.92. The van der Waals surface area contributed by atoms with Crippen LogP contribution in [0.4, 0.5) is 0 Å². The summed E-state index contributed by atoms with van der Waals surface area (Å²) in [5, 5.41) is 0. The van der Waals surface area contributed by atoms with Crippen molar-refractivity contribution < 1.29 is 0 Å². The normalized spacial score (nSPS) is 15.5. The molecule has 2 heterocycles. The zero-order valence-corrected chi connectivity index (χ0v) is 11.9. The molecule has 1 fully saturated rings. The van der Waals surface area contributed by atoms with Gasteiger partial charge in [0.05, 0.1) is 0 Å². The van der Waals surface area contributed by atoms with Crippen LogP contribution in [0.2, 0.25) is 0 Å². The van der Waals surface area contributed by atoms with E-state index in [2.05, 4.69) is 55.0 Å². The first-order valence-corrected chi connectivity index (χ1v) is 6.97. The first kappa shape index (κ1) is 12.3. The van der Waals surface area contributed by atoms with Gasteiger partial charge >= 0.3 is 0 Å². The average Bonchev–Trinajstić information content (AvgIpc) is 3.22. The predicted molar refractivity (Wildman–Crippen MR) is 78.1 cm³/mol. The second kappa shape index (κ2) is 4.44. The third-order valence-corrected chi connectivity index (χ3v) is 3.64. The molecule has 2 aromatic rings. The summed E-state index contributed by atoms with van der Waals surface area (Å²) in [6.07, 6.45) is 6.49. The molecule has 0 aliphatic heterocycles. The third-order valence-electron chi connectivity index (χ3n) is 3.64. The molecular weight excluding hydrogens is 232 g/mol. The second-order valence-corrected chi connectivity index (χ2v) is 6.43. The van der Waals surface area contributed by atoms with Gasteiger partial charge in [-0.1, -0.05) is 26.8 Å². The highest BCUT2D eigenvalue weighted by Crippen LogP contribution is 2.39. The van der Waals surface area contributed by atoms with Gasteiger partial charge in [-0.15, -0.1) is 0 Å². The minimum absolute atomic E-state index is 0.0807. The van der Waals surface area contributed by atoms with Crippen molar-refractivity contribution in [1.82, 2.24) is 9.97 Å². The molecular formula is C17H20N2. The van der Waals surface area contributed by atoms with Crippen molar-refractivity contribution in [3.8, 4) is 11.1 Å². The van der Waals surface area contributed by atoms with Gasteiger partial charge < -0.3 is 0 Å². The summed E-state index contributed by atoms with van der Waals surface area (Å²) in [4.78, 5) is 9.06. The molecule has 0 saturated heterocycles. The Morgan fingerprint density at radius 2 is 1.79 bits per heavy atom. The lowest BCUT2D eigenvalue weighted by atomic mass is 9.90. The van der Waals surface area contributed by atoms with Crippen LogP contribution in [0.25, 0.3) is 11.1 Å². The van der Waals surface area contributed by atoms with Gasteiger partial charge in [0.25, 0.3) is 0 Å². The molecule has 1 aliphatic rings. The maximum Gasteiger partial charge on any atom is 0.0463 e. The van der Waals surface area contributed by atoms with Gasteiger partial charge in [-0.25, -0.2) is 0 Å². The number of hydrogen-bond acceptors (Lipinski definition) is 2. The highest BCUT2D eigenvalue weighted by Gasteiger charge is 2.24. The molecule has 3 rings (SSSR count). The van der Waals surface area contributed by atoms with Crippen molar-refractivity contribution >= 4 is 0 Å². The quantitative estimate of drug-likeness (QED) is 0.795. The summed E-state index contributed by atoms with van der Waals surface area (Å²) < 4.78 is 0. The molecule has 0 aromatic carbocycles. The number of pyridine rings is 2. The standard InChI is InChI=1S/C17H20N2/c1-17(2,3)16-10-13(8-9-18-16)14-6-7-15(19-11-14)12-4-5-12/h6-12H,4-5H2,1-3H3. The number of hydrogen-bond donors (Lipinski definition) is 0. The number of aromatic nitrogens is 2. The smallest absolute Gasteiger partial charge is 0.0463 e. The highest BCUT2D eigenvalue weighted by molar-refractivity contribution is 5.62. The minimum atomic E-state index is 0.0807. The van der Waals surface area contributed by atoms with Gasteiger partial charge in [0.15, 0.2) is 0 Å². The van der Waals surface area contributed by atoms with Gasteiger partial charge in [0.2, 0.25) is 0 Å². The number of rotatable bonds is 2. The third kappa shape index (κ3) is 2.67. The molecule has 98 valence electrons. The van der Waals surface area contributed by atoms with E-state index in [1.807, 2.05) is 12.4 Å². The van der Waals surface area contributed by atoms with Crippen LogP contribution in [0.1, 0.15) is 50.9 Å². The van der Waals surface area contributed by atoms with Crippen molar-refractivity contribution in [3.63, 3.8) is 0 Å². The Morgan fingerprint density at radius 3 is 2.37 bits per heavy atom. The Kier molecular flexibility index (Phi) is 2.89. The van der Waals surface area contributed by atoms with E-state index in [1.165, 1.54) is 29.7 Å². The van der Waals surface area contributed by atoms with Crippen LogP contribution in [0.5, 0.6) is 0 Å². The van der Waals surface area contributed by atoms with Gasteiger partial charge in [-0.3, -0.25) is 9.97 Å². The summed E-state index contributed by atoms with van der Waals surface area (Å²) in [6, 6.07) is 8.59. The largest absolute Gasteiger partial charge is 0.261 e. The maximum absolute atomic E-state index is 4.59. The van der Waals surface area contributed by atoms with Crippen LogP contribution < -0.4 is 0 Å². The molecule has 2 heteroatoms. The zero-order chi connectivity index (χ0) is 13.5. The first-order valence-electron chi connectivity index (χ1n) is 6.97. The molecule has 0 radical (unpaired) electrons.